The lowest BCUT2D eigenvalue weighted by Crippen LogP contribution is -2.48. The maximum atomic E-state index is 14.4. The first-order chi connectivity index (χ1) is 19.5. The van der Waals surface area contributed by atoms with Crippen molar-refractivity contribution in [2.45, 2.75) is 58.2 Å². The second kappa shape index (κ2) is 12.1. The minimum Gasteiger partial charge on any atom is -0.493 e. The third-order valence-corrected chi connectivity index (χ3v) is 7.24. The van der Waals surface area contributed by atoms with Gasteiger partial charge in [0.2, 0.25) is 11.8 Å². The van der Waals surface area contributed by atoms with Crippen LogP contribution in [0, 0.1) is 0 Å². The molecule has 1 aliphatic rings. The molecule has 206 valence electrons. The molecule has 1 fully saturated rings. The van der Waals surface area contributed by atoms with Gasteiger partial charge in [0, 0.05) is 17.2 Å². The highest BCUT2D eigenvalue weighted by Gasteiger charge is 2.37. The summed E-state index contributed by atoms with van der Waals surface area (Å²) in [6.07, 6.45) is 3.85. The van der Waals surface area contributed by atoms with E-state index in [4.69, 9.17) is 4.74 Å². The maximum Gasteiger partial charge on any atom is 0.249 e. The Labute approximate surface area is 233 Å². The quantitative estimate of drug-likeness (QED) is 0.288. The van der Waals surface area contributed by atoms with E-state index in [1.807, 2.05) is 43.3 Å². The van der Waals surface area contributed by atoms with Crippen molar-refractivity contribution < 1.29 is 19.1 Å². The number of carbonyl (C=O) groups excluding carboxylic acids is 3. The van der Waals surface area contributed by atoms with Crippen LogP contribution < -0.4 is 15.0 Å². The summed E-state index contributed by atoms with van der Waals surface area (Å²) < 4.78 is 7.45. The third-order valence-electron chi connectivity index (χ3n) is 7.24. The normalized spacial score (nSPS) is 14.2. The molecular formula is C31H33N5O4. The molecule has 1 saturated carbocycles. The van der Waals surface area contributed by atoms with Crippen molar-refractivity contribution in [3.8, 4) is 5.75 Å². The van der Waals surface area contributed by atoms with Crippen LogP contribution in [0.2, 0.25) is 0 Å². The predicted octanol–water partition coefficient (Wildman–Crippen LogP) is 4.87. The Hall–Kier alpha value is -4.53. The number of para-hydroxylation sites is 3. The molecule has 4 aromatic rings. The summed E-state index contributed by atoms with van der Waals surface area (Å²) >= 11 is 0. The zero-order chi connectivity index (χ0) is 28.1. The van der Waals surface area contributed by atoms with E-state index in [0.717, 1.165) is 25.7 Å². The molecule has 2 amide bonds. The number of hydrogen-bond donors (Lipinski definition) is 1. The molecule has 0 spiro atoms. The third kappa shape index (κ3) is 5.59. The second-order valence-corrected chi connectivity index (χ2v) is 9.94. The number of nitrogens with zero attached hydrogens (tertiary/aromatic N) is 4. The number of carbonyl (C=O) groups is 3. The Balaban J connectivity index is 1.66. The smallest absolute Gasteiger partial charge is 0.249 e. The molecule has 5 rings (SSSR count). The number of hydrogen-bond acceptors (Lipinski definition) is 6. The van der Waals surface area contributed by atoms with Crippen molar-refractivity contribution in [3.63, 3.8) is 0 Å². The van der Waals surface area contributed by atoms with Gasteiger partial charge in [-0.1, -0.05) is 60.5 Å². The molecule has 1 N–H and O–H groups in total. The molecule has 9 nitrogen and oxygen atoms in total. The fourth-order valence-corrected chi connectivity index (χ4v) is 5.38. The van der Waals surface area contributed by atoms with Crippen molar-refractivity contribution in [3.05, 3.63) is 83.9 Å². The molecule has 40 heavy (non-hydrogen) atoms. The highest BCUT2D eigenvalue weighted by atomic mass is 16.5. The number of nitrogens with one attached hydrogen (secondary N) is 1. The molecule has 0 bridgehead atoms. The summed E-state index contributed by atoms with van der Waals surface area (Å²) in [5, 5.41) is 11.6. The zero-order valence-electron chi connectivity index (χ0n) is 22.7. The van der Waals surface area contributed by atoms with E-state index in [0.29, 0.717) is 40.2 Å². The standard InChI is InChI=1S/C31H33N5O4/c1-3-40-28-19-11-7-15-24(28)30(31(39)32-22-12-4-5-13-22)36(26-17-9-6-14-23(26)21(2)37)29(38)20-35-27-18-10-8-16-25(27)33-34-35/h6-11,14-19,22,30H,3-5,12-13,20H2,1-2H3,(H,32,39)/t30-/m1/s1. The van der Waals surface area contributed by atoms with Gasteiger partial charge in [-0.05, 0) is 57.0 Å². The second-order valence-electron chi connectivity index (χ2n) is 9.94. The van der Waals surface area contributed by atoms with E-state index >= 15 is 0 Å². The van der Waals surface area contributed by atoms with Gasteiger partial charge >= 0.3 is 0 Å². The highest BCUT2D eigenvalue weighted by molar-refractivity contribution is 6.08. The molecular weight excluding hydrogens is 506 g/mol. The van der Waals surface area contributed by atoms with Gasteiger partial charge in [0.05, 0.1) is 17.8 Å². The molecule has 3 aromatic carbocycles. The Morgan fingerprint density at radius 2 is 1.70 bits per heavy atom. The Kier molecular flexibility index (Phi) is 8.19. The first-order valence-electron chi connectivity index (χ1n) is 13.7. The number of benzene rings is 3. The van der Waals surface area contributed by atoms with Crippen molar-refractivity contribution in [2.75, 3.05) is 11.5 Å². The zero-order valence-corrected chi connectivity index (χ0v) is 22.7. The van der Waals surface area contributed by atoms with Crippen LogP contribution in [0.25, 0.3) is 11.0 Å². The number of aromatic nitrogens is 3. The topological polar surface area (TPSA) is 106 Å². The summed E-state index contributed by atoms with van der Waals surface area (Å²) in [7, 11) is 0. The van der Waals surface area contributed by atoms with Gasteiger partial charge in [0.1, 0.15) is 23.9 Å². The molecule has 0 radical (unpaired) electrons. The van der Waals surface area contributed by atoms with Crippen molar-refractivity contribution >= 4 is 34.3 Å². The van der Waals surface area contributed by atoms with Crippen LogP contribution in [0.15, 0.2) is 72.8 Å². The minimum absolute atomic E-state index is 0.0218. The van der Waals surface area contributed by atoms with E-state index in [2.05, 4.69) is 15.6 Å². The van der Waals surface area contributed by atoms with Gasteiger partial charge in [0.25, 0.3) is 0 Å². The van der Waals surface area contributed by atoms with Crippen LogP contribution in [0.5, 0.6) is 5.75 Å². The summed E-state index contributed by atoms with van der Waals surface area (Å²) in [5.41, 5.74) is 2.57. The van der Waals surface area contributed by atoms with E-state index in [-0.39, 0.29) is 24.3 Å². The molecule has 1 atom stereocenters. The highest BCUT2D eigenvalue weighted by Crippen LogP contribution is 2.36. The van der Waals surface area contributed by atoms with Crippen LogP contribution in [0.4, 0.5) is 5.69 Å². The van der Waals surface area contributed by atoms with E-state index < -0.39 is 11.9 Å². The lowest BCUT2D eigenvalue weighted by atomic mass is 9.99. The van der Waals surface area contributed by atoms with Crippen molar-refractivity contribution in [1.82, 2.24) is 20.3 Å². The molecule has 1 aliphatic carbocycles. The largest absolute Gasteiger partial charge is 0.493 e. The van der Waals surface area contributed by atoms with Crippen LogP contribution in [0.1, 0.15) is 61.5 Å². The van der Waals surface area contributed by atoms with Crippen LogP contribution in [-0.2, 0) is 16.1 Å². The van der Waals surface area contributed by atoms with Crippen LogP contribution in [-0.4, -0.2) is 45.2 Å². The summed E-state index contributed by atoms with van der Waals surface area (Å²) in [5.74, 6) is -0.454. The fourth-order valence-electron chi connectivity index (χ4n) is 5.38. The maximum absolute atomic E-state index is 14.4. The van der Waals surface area contributed by atoms with Gasteiger partial charge < -0.3 is 10.1 Å². The lowest BCUT2D eigenvalue weighted by Gasteiger charge is -2.34. The molecule has 0 unspecified atom stereocenters. The first kappa shape index (κ1) is 27.1. The van der Waals surface area contributed by atoms with Gasteiger partial charge in [-0.3, -0.25) is 19.3 Å². The molecule has 1 heterocycles. The van der Waals surface area contributed by atoms with Gasteiger partial charge in [-0.2, -0.15) is 0 Å². The lowest BCUT2D eigenvalue weighted by molar-refractivity contribution is -0.127. The number of Topliss-reactive ketones (excluding diaryl/α,β-unsaturated/α-hetero) is 1. The summed E-state index contributed by atoms with van der Waals surface area (Å²) in [6, 6.07) is 20.4. The Bertz CT molecular complexity index is 1520. The SMILES string of the molecule is CCOc1ccccc1[C@H](C(=O)NC1CCCC1)N(C(=O)Cn1nnc2ccccc21)c1ccccc1C(C)=O. The first-order valence-corrected chi connectivity index (χ1v) is 13.7. The average molecular weight is 540 g/mol. The van der Waals surface area contributed by atoms with Crippen LogP contribution in [0.3, 0.4) is 0 Å². The van der Waals surface area contributed by atoms with E-state index in [9.17, 15) is 14.4 Å². The fraction of sp³-hybridized carbons (Fsp3) is 0.323. The average Bonchev–Trinajstić information content (AvgIpc) is 3.62. The Morgan fingerprint density at radius 3 is 2.48 bits per heavy atom. The monoisotopic (exact) mass is 539 g/mol. The summed E-state index contributed by atoms with van der Waals surface area (Å²) in [6.45, 7) is 3.52. The Morgan fingerprint density at radius 1 is 1.00 bits per heavy atom. The van der Waals surface area contributed by atoms with E-state index in [1.54, 1.807) is 36.4 Å². The van der Waals surface area contributed by atoms with E-state index in [1.165, 1.54) is 16.5 Å². The number of ether oxygens (including phenoxy) is 1. The van der Waals surface area contributed by atoms with Gasteiger partial charge in [-0.15, -0.1) is 5.10 Å². The number of amides is 2. The van der Waals surface area contributed by atoms with Gasteiger partial charge in [0.15, 0.2) is 5.78 Å². The summed E-state index contributed by atoms with van der Waals surface area (Å²) in [4.78, 5) is 42.7. The predicted molar refractivity (Wildman–Crippen MR) is 152 cm³/mol. The number of anilines is 1. The van der Waals surface area contributed by atoms with Crippen molar-refractivity contribution in [1.29, 1.82) is 0 Å². The molecule has 0 saturated heterocycles. The van der Waals surface area contributed by atoms with Crippen LogP contribution >= 0.6 is 0 Å². The number of ketones is 1. The van der Waals surface area contributed by atoms with Gasteiger partial charge in [-0.25, -0.2) is 4.68 Å². The number of fused-ring (bicyclic) bond motifs is 1. The van der Waals surface area contributed by atoms with Crippen molar-refractivity contribution in [2.24, 2.45) is 0 Å². The number of rotatable bonds is 10. The molecule has 1 aromatic heterocycles. The molecule has 0 aliphatic heterocycles. The minimum atomic E-state index is -1.09. The molecule has 9 heteroatoms.